The summed E-state index contributed by atoms with van der Waals surface area (Å²) in [5, 5.41) is 12.3. The van der Waals surface area contributed by atoms with E-state index in [1.807, 2.05) is 42.5 Å². The maximum absolute atomic E-state index is 11.3. The molecule has 0 saturated heterocycles. The van der Waals surface area contributed by atoms with Crippen molar-refractivity contribution in [3.05, 3.63) is 48.0 Å². The Bertz CT molecular complexity index is 540. The van der Waals surface area contributed by atoms with Gasteiger partial charge < -0.3 is 5.11 Å². The van der Waals surface area contributed by atoms with Crippen molar-refractivity contribution in [1.82, 2.24) is 0 Å². The van der Waals surface area contributed by atoms with Crippen molar-refractivity contribution in [3.63, 3.8) is 0 Å². The summed E-state index contributed by atoms with van der Waals surface area (Å²) >= 11 is 0. The second-order valence-corrected chi connectivity index (χ2v) is 4.41. The topological polar surface area (TPSA) is 37.3 Å². The molecule has 2 rings (SSSR count). The van der Waals surface area contributed by atoms with E-state index in [1.165, 1.54) is 6.92 Å². The highest BCUT2D eigenvalue weighted by molar-refractivity contribution is 5.87. The first-order chi connectivity index (χ1) is 8.11. The van der Waals surface area contributed by atoms with Crippen molar-refractivity contribution in [2.24, 2.45) is 5.92 Å². The van der Waals surface area contributed by atoms with E-state index < -0.39 is 6.10 Å². The van der Waals surface area contributed by atoms with Gasteiger partial charge >= 0.3 is 0 Å². The number of benzene rings is 2. The summed E-state index contributed by atoms with van der Waals surface area (Å²) in [6.07, 6.45) is -0.737. The molecule has 88 valence electrons. The first-order valence-corrected chi connectivity index (χ1v) is 5.77. The number of hydrogen-bond donors (Lipinski definition) is 1. The summed E-state index contributed by atoms with van der Waals surface area (Å²) in [6.45, 7) is 3.27. The molecule has 17 heavy (non-hydrogen) atoms. The SMILES string of the molecule is CC(=O)[C@@H](C)[C@H](O)c1cccc2ccccc12. The van der Waals surface area contributed by atoms with Crippen molar-refractivity contribution in [1.29, 1.82) is 0 Å². The van der Waals surface area contributed by atoms with E-state index in [0.29, 0.717) is 0 Å². The Balaban J connectivity index is 2.52. The van der Waals surface area contributed by atoms with Gasteiger partial charge in [0, 0.05) is 5.92 Å². The lowest BCUT2D eigenvalue weighted by Crippen LogP contribution is -2.16. The third-order valence-corrected chi connectivity index (χ3v) is 3.26. The smallest absolute Gasteiger partial charge is 0.135 e. The summed E-state index contributed by atoms with van der Waals surface area (Å²) in [6, 6.07) is 13.7. The minimum absolute atomic E-state index is 0.00503. The molecule has 0 heterocycles. The van der Waals surface area contributed by atoms with E-state index in [4.69, 9.17) is 0 Å². The van der Waals surface area contributed by atoms with Gasteiger partial charge in [-0.25, -0.2) is 0 Å². The van der Waals surface area contributed by atoms with E-state index in [9.17, 15) is 9.90 Å². The Morgan fingerprint density at radius 2 is 1.76 bits per heavy atom. The summed E-state index contributed by atoms with van der Waals surface area (Å²) in [5.41, 5.74) is 0.825. The van der Waals surface area contributed by atoms with Gasteiger partial charge in [-0.05, 0) is 23.3 Å². The van der Waals surface area contributed by atoms with Crippen LogP contribution >= 0.6 is 0 Å². The Labute approximate surface area is 101 Å². The Morgan fingerprint density at radius 1 is 1.12 bits per heavy atom. The van der Waals surface area contributed by atoms with Gasteiger partial charge in [0.1, 0.15) is 5.78 Å². The van der Waals surface area contributed by atoms with Crippen LogP contribution in [0.1, 0.15) is 25.5 Å². The number of aliphatic hydroxyl groups excluding tert-OH is 1. The van der Waals surface area contributed by atoms with E-state index in [2.05, 4.69) is 0 Å². The normalized spacial score (nSPS) is 14.5. The van der Waals surface area contributed by atoms with E-state index in [1.54, 1.807) is 6.92 Å². The summed E-state index contributed by atoms with van der Waals surface area (Å²) in [7, 11) is 0. The summed E-state index contributed by atoms with van der Waals surface area (Å²) in [5.74, 6) is -0.369. The molecule has 0 aliphatic heterocycles. The van der Waals surface area contributed by atoms with Gasteiger partial charge in [-0.1, -0.05) is 49.4 Å². The van der Waals surface area contributed by atoms with Gasteiger partial charge in [-0.15, -0.1) is 0 Å². The van der Waals surface area contributed by atoms with E-state index in [0.717, 1.165) is 16.3 Å². The van der Waals surface area contributed by atoms with Crippen LogP contribution in [0.4, 0.5) is 0 Å². The molecule has 0 bridgehead atoms. The highest BCUT2D eigenvalue weighted by Gasteiger charge is 2.21. The zero-order valence-corrected chi connectivity index (χ0v) is 10.1. The highest BCUT2D eigenvalue weighted by atomic mass is 16.3. The molecular weight excluding hydrogens is 212 g/mol. The molecule has 2 aromatic carbocycles. The predicted molar refractivity (Wildman–Crippen MR) is 68.8 cm³/mol. The lowest BCUT2D eigenvalue weighted by molar-refractivity contribution is -0.123. The van der Waals surface area contributed by atoms with Gasteiger partial charge in [0.05, 0.1) is 6.10 Å². The zero-order chi connectivity index (χ0) is 12.4. The quantitative estimate of drug-likeness (QED) is 0.876. The molecule has 0 saturated carbocycles. The number of hydrogen-bond acceptors (Lipinski definition) is 2. The van der Waals surface area contributed by atoms with Gasteiger partial charge in [0.2, 0.25) is 0 Å². The Kier molecular flexibility index (Phi) is 3.25. The average Bonchev–Trinajstić information content (AvgIpc) is 2.36. The zero-order valence-electron chi connectivity index (χ0n) is 10.1. The van der Waals surface area contributed by atoms with Crippen LogP contribution in [0.25, 0.3) is 10.8 Å². The van der Waals surface area contributed by atoms with Gasteiger partial charge in [0.15, 0.2) is 0 Å². The molecule has 2 heteroatoms. The summed E-state index contributed by atoms with van der Waals surface area (Å²) in [4.78, 5) is 11.3. The van der Waals surface area contributed by atoms with E-state index in [-0.39, 0.29) is 11.7 Å². The molecule has 2 atom stereocenters. The number of fused-ring (bicyclic) bond motifs is 1. The van der Waals surface area contributed by atoms with Crippen molar-refractivity contribution in [2.75, 3.05) is 0 Å². The molecule has 0 aliphatic carbocycles. The monoisotopic (exact) mass is 228 g/mol. The minimum atomic E-state index is -0.737. The van der Waals surface area contributed by atoms with Crippen molar-refractivity contribution >= 4 is 16.6 Å². The van der Waals surface area contributed by atoms with Crippen molar-refractivity contribution in [3.8, 4) is 0 Å². The third kappa shape index (κ3) is 2.22. The molecule has 0 spiro atoms. The average molecular weight is 228 g/mol. The van der Waals surface area contributed by atoms with Crippen molar-refractivity contribution in [2.45, 2.75) is 20.0 Å². The standard InChI is InChI=1S/C15H16O2/c1-10(11(2)16)15(17)14-9-5-7-12-6-3-4-8-13(12)14/h3-10,15,17H,1-2H3/t10-,15+/m1/s1. The second-order valence-electron chi connectivity index (χ2n) is 4.41. The van der Waals surface area contributed by atoms with Crippen LogP contribution in [0.5, 0.6) is 0 Å². The molecule has 0 radical (unpaired) electrons. The first-order valence-electron chi connectivity index (χ1n) is 5.77. The molecule has 0 unspecified atom stereocenters. The van der Waals surface area contributed by atoms with Crippen LogP contribution in [0.3, 0.4) is 0 Å². The molecule has 0 amide bonds. The Hall–Kier alpha value is -1.67. The second kappa shape index (κ2) is 4.68. The fraction of sp³-hybridized carbons (Fsp3) is 0.267. The van der Waals surface area contributed by atoms with Gasteiger partial charge in [0.25, 0.3) is 0 Å². The number of rotatable bonds is 3. The maximum atomic E-state index is 11.3. The lowest BCUT2D eigenvalue weighted by atomic mass is 9.91. The number of ketones is 1. The van der Waals surface area contributed by atoms with Crippen molar-refractivity contribution < 1.29 is 9.90 Å². The molecule has 0 fully saturated rings. The molecular formula is C15H16O2. The Morgan fingerprint density at radius 3 is 2.47 bits per heavy atom. The van der Waals surface area contributed by atoms with Crippen LogP contribution in [0.2, 0.25) is 0 Å². The molecule has 0 aliphatic rings. The van der Waals surface area contributed by atoms with E-state index >= 15 is 0 Å². The highest BCUT2D eigenvalue weighted by Crippen LogP contribution is 2.29. The predicted octanol–water partition coefficient (Wildman–Crippen LogP) is 3.10. The molecule has 2 nitrogen and oxygen atoms in total. The number of aliphatic hydroxyl groups is 1. The number of Topliss-reactive ketones (excluding diaryl/α,β-unsaturated/α-hetero) is 1. The molecule has 1 N–H and O–H groups in total. The van der Waals surface area contributed by atoms with Crippen LogP contribution < -0.4 is 0 Å². The van der Waals surface area contributed by atoms with Gasteiger partial charge in [-0.3, -0.25) is 4.79 Å². The van der Waals surface area contributed by atoms with Crippen LogP contribution in [0, 0.1) is 5.92 Å². The first kappa shape index (κ1) is 11.8. The number of carbonyl (C=O) groups is 1. The maximum Gasteiger partial charge on any atom is 0.135 e. The fourth-order valence-electron chi connectivity index (χ4n) is 2.00. The molecule has 2 aromatic rings. The van der Waals surface area contributed by atoms with Crippen LogP contribution in [-0.2, 0) is 4.79 Å². The lowest BCUT2D eigenvalue weighted by Gasteiger charge is -2.18. The molecule has 0 aromatic heterocycles. The van der Waals surface area contributed by atoms with Crippen LogP contribution in [-0.4, -0.2) is 10.9 Å². The minimum Gasteiger partial charge on any atom is -0.388 e. The summed E-state index contributed by atoms with van der Waals surface area (Å²) < 4.78 is 0. The third-order valence-electron chi connectivity index (χ3n) is 3.26. The van der Waals surface area contributed by atoms with Crippen LogP contribution in [0.15, 0.2) is 42.5 Å². The fourth-order valence-corrected chi connectivity index (χ4v) is 2.00. The van der Waals surface area contributed by atoms with Gasteiger partial charge in [-0.2, -0.15) is 0 Å². The number of carbonyl (C=O) groups excluding carboxylic acids is 1. The largest absolute Gasteiger partial charge is 0.388 e.